The van der Waals surface area contributed by atoms with Crippen molar-refractivity contribution < 1.29 is 4.39 Å². The summed E-state index contributed by atoms with van der Waals surface area (Å²) in [5.41, 5.74) is 1.76. The number of rotatable bonds is 3. The van der Waals surface area contributed by atoms with E-state index in [1.54, 1.807) is 11.3 Å². The van der Waals surface area contributed by atoms with Crippen LogP contribution in [0.1, 0.15) is 5.69 Å². The highest BCUT2D eigenvalue weighted by atomic mass is 32.2. The molecule has 0 fully saturated rings. The summed E-state index contributed by atoms with van der Waals surface area (Å²) in [7, 11) is 0. The third kappa shape index (κ3) is 2.95. The predicted molar refractivity (Wildman–Crippen MR) is 87.6 cm³/mol. The lowest BCUT2D eigenvalue weighted by Gasteiger charge is -2.03. The van der Waals surface area contributed by atoms with Crippen molar-refractivity contribution >= 4 is 33.3 Å². The number of benzene rings is 1. The van der Waals surface area contributed by atoms with Crippen molar-refractivity contribution in [3.05, 3.63) is 54.2 Å². The number of hydrogen-bond acceptors (Lipinski definition) is 6. The van der Waals surface area contributed by atoms with Gasteiger partial charge in [0.25, 0.3) is 5.95 Å². The van der Waals surface area contributed by atoms with Crippen molar-refractivity contribution in [2.45, 2.75) is 16.3 Å². The number of fused-ring (bicyclic) bond motifs is 1. The van der Waals surface area contributed by atoms with E-state index in [9.17, 15) is 4.39 Å². The smallest absolute Gasteiger partial charge is 0.229 e. The van der Waals surface area contributed by atoms with Crippen LogP contribution in [-0.2, 0) is 0 Å². The largest absolute Gasteiger partial charge is 0.251 e. The molecule has 23 heavy (non-hydrogen) atoms. The topological polar surface area (TPSA) is 56.5 Å². The van der Waals surface area contributed by atoms with Crippen molar-refractivity contribution in [3.8, 4) is 5.95 Å². The van der Waals surface area contributed by atoms with Crippen molar-refractivity contribution in [1.29, 1.82) is 0 Å². The van der Waals surface area contributed by atoms with Crippen LogP contribution in [-0.4, -0.2) is 24.7 Å². The molecule has 4 aromatic rings. The number of aryl methyl sites for hydroxylation is 1. The first-order valence-corrected chi connectivity index (χ1v) is 8.41. The molecule has 0 amide bonds. The number of halogens is 1. The Labute approximate surface area is 139 Å². The summed E-state index contributed by atoms with van der Waals surface area (Å²) in [6.45, 7) is 1.87. The van der Waals surface area contributed by atoms with E-state index in [0.29, 0.717) is 5.95 Å². The van der Waals surface area contributed by atoms with Crippen molar-refractivity contribution in [3.63, 3.8) is 0 Å². The van der Waals surface area contributed by atoms with Crippen LogP contribution in [0.2, 0.25) is 0 Å². The summed E-state index contributed by atoms with van der Waals surface area (Å²) < 4.78 is 16.4. The first kappa shape index (κ1) is 14.3. The van der Waals surface area contributed by atoms with E-state index < -0.39 is 5.95 Å². The minimum absolute atomic E-state index is 0.345. The molecule has 0 radical (unpaired) electrons. The number of nitrogens with zero attached hydrogens (tertiary/aromatic N) is 5. The van der Waals surface area contributed by atoms with Gasteiger partial charge in [0.15, 0.2) is 4.34 Å². The van der Waals surface area contributed by atoms with Gasteiger partial charge in [-0.05, 0) is 36.9 Å². The standard InChI is InChI=1S/C15H10FN5S2/c1-9-8-13(19-14(17-9)21-7-6-12(16)20-21)23-15-18-10-4-2-3-5-11(10)22-15/h2-8H,1H3. The molecule has 0 saturated heterocycles. The summed E-state index contributed by atoms with van der Waals surface area (Å²) in [5.74, 6) is -0.215. The molecule has 0 unspecified atom stereocenters. The van der Waals surface area contributed by atoms with E-state index in [1.165, 1.54) is 28.7 Å². The lowest BCUT2D eigenvalue weighted by atomic mass is 10.3. The number of hydrogen-bond donors (Lipinski definition) is 0. The molecular formula is C15H10FN5S2. The molecule has 3 aromatic heterocycles. The Kier molecular flexibility index (Phi) is 3.55. The van der Waals surface area contributed by atoms with Gasteiger partial charge < -0.3 is 0 Å². The third-order valence-electron chi connectivity index (χ3n) is 3.05. The fraction of sp³-hybridized carbons (Fsp3) is 0.0667. The van der Waals surface area contributed by atoms with Gasteiger partial charge in [0.1, 0.15) is 5.03 Å². The zero-order valence-corrected chi connectivity index (χ0v) is 13.6. The minimum atomic E-state index is -0.560. The summed E-state index contributed by atoms with van der Waals surface area (Å²) in [4.78, 5) is 13.3. The zero-order valence-electron chi connectivity index (χ0n) is 12.0. The molecule has 0 spiro atoms. The molecule has 0 saturated carbocycles. The van der Waals surface area contributed by atoms with E-state index in [-0.39, 0.29) is 0 Å². The van der Waals surface area contributed by atoms with E-state index in [4.69, 9.17) is 0 Å². The molecule has 0 atom stereocenters. The minimum Gasteiger partial charge on any atom is -0.229 e. The molecule has 4 rings (SSSR count). The van der Waals surface area contributed by atoms with Gasteiger partial charge in [-0.15, -0.1) is 16.4 Å². The highest BCUT2D eigenvalue weighted by Gasteiger charge is 2.10. The van der Waals surface area contributed by atoms with Gasteiger partial charge in [-0.25, -0.2) is 19.6 Å². The normalized spacial score (nSPS) is 11.2. The molecule has 5 nitrogen and oxygen atoms in total. The fourth-order valence-electron chi connectivity index (χ4n) is 2.08. The predicted octanol–water partition coefficient (Wildman–Crippen LogP) is 3.87. The first-order valence-electron chi connectivity index (χ1n) is 6.78. The quantitative estimate of drug-likeness (QED) is 0.529. The van der Waals surface area contributed by atoms with Gasteiger partial charge in [-0.2, -0.15) is 4.39 Å². The molecule has 0 N–H and O–H groups in total. The highest BCUT2D eigenvalue weighted by Crippen LogP contribution is 2.33. The van der Waals surface area contributed by atoms with E-state index >= 15 is 0 Å². The number of aromatic nitrogens is 5. The molecule has 114 valence electrons. The summed E-state index contributed by atoms with van der Waals surface area (Å²) in [6.07, 6.45) is 1.50. The Hall–Kier alpha value is -2.32. The Morgan fingerprint density at radius 2 is 2.00 bits per heavy atom. The summed E-state index contributed by atoms with van der Waals surface area (Å²) >= 11 is 3.08. The SMILES string of the molecule is Cc1cc(Sc2nc3ccccc3s2)nc(-n2ccc(F)n2)n1. The van der Waals surface area contributed by atoms with Crippen LogP contribution in [0.4, 0.5) is 4.39 Å². The number of thiazole rings is 1. The molecular weight excluding hydrogens is 333 g/mol. The molecule has 8 heteroatoms. The van der Waals surface area contributed by atoms with Gasteiger partial charge in [-0.1, -0.05) is 12.1 Å². The molecule has 0 bridgehead atoms. The van der Waals surface area contributed by atoms with Crippen LogP contribution in [0.5, 0.6) is 0 Å². The molecule has 0 aliphatic heterocycles. The van der Waals surface area contributed by atoms with Crippen molar-refractivity contribution in [2.75, 3.05) is 0 Å². The van der Waals surface area contributed by atoms with Crippen LogP contribution in [0.25, 0.3) is 16.2 Å². The maximum atomic E-state index is 13.1. The molecule has 3 heterocycles. The third-order valence-corrected chi connectivity index (χ3v) is 5.06. The van der Waals surface area contributed by atoms with Crippen LogP contribution in [0, 0.1) is 12.9 Å². The van der Waals surface area contributed by atoms with Gasteiger partial charge >= 0.3 is 0 Å². The maximum absolute atomic E-state index is 13.1. The second-order valence-corrected chi connectivity index (χ2v) is 7.08. The van der Waals surface area contributed by atoms with Crippen molar-refractivity contribution in [2.24, 2.45) is 0 Å². The van der Waals surface area contributed by atoms with E-state index in [0.717, 1.165) is 25.3 Å². The van der Waals surface area contributed by atoms with Gasteiger partial charge in [0.05, 0.1) is 10.2 Å². The first-order chi connectivity index (χ1) is 11.2. The van der Waals surface area contributed by atoms with Gasteiger partial charge in [0.2, 0.25) is 5.95 Å². The second-order valence-electron chi connectivity index (χ2n) is 4.78. The van der Waals surface area contributed by atoms with Crippen molar-refractivity contribution in [1.82, 2.24) is 24.7 Å². The number of para-hydroxylation sites is 1. The van der Waals surface area contributed by atoms with Crippen LogP contribution in [0.15, 0.2) is 52.0 Å². The molecule has 1 aromatic carbocycles. The lowest BCUT2D eigenvalue weighted by molar-refractivity contribution is 0.561. The van der Waals surface area contributed by atoms with Gasteiger partial charge in [-0.3, -0.25) is 0 Å². The fourth-order valence-corrected chi connectivity index (χ4v) is 4.15. The summed E-state index contributed by atoms with van der Waals surface area (Å²) in [5, 5.41) is 4.46. The second kappa shape index (κ2) is 5.71. The average molecular weight is 343 g/mol. The van der Waals surface area contributed by atoms with Crippen LogP contribution >= 0.6 is 23.1 Å². The lowest BCUT2D eigenvalue weighted by Crippen LogP contribution is -2.04. The Bertz CT molecular complexity index is 961. The van der Waals surface area contributed by atoms with Crippen LogP contribution < -0.4 is 0 Å². The highest BCUT2D eigenvalue weighted by molar-refractivity contribution is 8.01. The molecule has 0 aliphatic rings. The van der Waals surface area contributed by atoms with Gasteiger partial charge in [0, 0.05) is 18.0 Å². The van der Waals surface area contributed by atoms with E-state index in [2.05, 4.69) is 20.1 Å². The monoisotopic (exact) mass is 343 g/mol. The zero-order chi connectivity index (χ0) is 15.8. The average Bonchev–Trinajstić information content (AvgIpc) is 3.12. The maximum Gasteiger partial charge on any atom is 0.251 e. The Balaban J connectivity index is 1.69. The van der Waals surface area contributed by atoms with Crippen LogP contribution in [0.3, 0.4) is 0 Å². The van der Waals surface area contributed by atoms with E-state index in [1.807, 2.05) is 37.3 Å². The summed E-state index contributed by atoms with van der Waals surface area (Å²) in [6, 6.07) is 11.1. The Morgan fingerprint density at radius 3 is 2.78 bits per heavy atom. The molecule has 0 aliphatic carbocycles. The Morgan fingerprint density at radius 1 is 1.13 bits per heavy atom.